The lowest BCUT2D eigenvalue weighted by molar-refractivity contribution is 0.0960. The van der Waals surface area contributed by atoms with Gasteiger partial charge in [0.15, 0.2) is 0 Å². The summed E-state index contributed by atoms with van der Waals surface area (Å²) in [5, 5.41) is 2.59. The van der Waals surface area contributed by atoms with Crippen LogP contribution in [0.15, 0.2) is 59.5 Å². The molecule has 0 bridgehead atoms. The maximum atomic E-state index is 12.4. The summed E-state index contributed by atoms with van der Waals surface area (Å²) in [4.78, 5) is 12.4. The van der Waals surface area contributed by atoms with Crippen LogP contribution in [0.25, 0.3) is 0 Å². The molecule has 0 aliphatic carbocycles. The first kappa shape index (κ1) is 16.4. The fraction of sp³-hybridized carbons (Fsp3) is 0.278. The van der Waals surface area contributed by atoms with E-state index in [2.05, 4.69) is 17.4 Å². The summed E-state index contributed by atoms with van der Waals surface area (Å²) in [6.07, 6.45) is 2.87. The third kappa shape index (κ3) is 4.53. The number of carbonyl (C=O) groups excluding carboxylic acids is 1. The van der Waals surface area contributed by atoms with Crippen molar-refractivity contribution in [3.8, 4) is 0 Å². The van der Waals surface area contributed by atoms with Crippen LogP contribution in [-0.2, 0) is 17.2 Å². The molecule has 1 amide bonds. The molecule has 1 atom stereocenters. The van der Waals surface area contributed by atoms with Gasteiger partial charge < -0.3 is 5.32 Å². The highest BCUT2D eigenvalue weighted by Crippen LogP contribution is 2.15. The van der Waals surface area contributed by atoms with Crippen LogP contribution in [0.5, 0.6) is 0 Å². The Hall–Kier alpha value is -1.94. The van der Waals surface area contributed by atoms with E-state index in [1.807, 2.05) is 24.3 Å². The number of hydrogen-bond acceptors (Lipinski definition) is 2. The van der Waals surface area contributed by atoms with E-state index < -0.39 is 10.8 Å². The standard InChI is InChI=1S/C18H21NO2S/c1-19-18(20)16-12-5-6-13-17(16)22(21)14-8-7-11-15-9-3-2-4-10-15/h2-6,9-10,12-13H,7-8,11,14H2,1H3,(H,19,20). The summed E-state index contributed by atoms with van der Waals surface area (Å²) in [5.41, 5.74) is 1.81. The molecule has 0 spiro atoms. The Morgan fingerprint density at radius 2 is 1.68 bits per heavy atom. The van der Waals surface area contributed by atoms with Crippen molar-refractivity contribution in [3.63, 3.8) is 0 Å². The third-order valence-corrected chi connectivity index (χ3v) is 5.00. The zero-order valence-corrected chi connectivity index (χ0v) is 13.6. The normalized spacial score (nSPS) is 11.9. The van der Waals surface area contributed by atoms with E-state index >= 15 is 0 Å². The van der Waals surface area contributed by atoms with Crippen molar-refractivity contribution >= 4 is 16.7 Å². The molecule has 1 unspecified atom stereocenters. The lowest BCUT2D eigenvalue weighted by Crippen LogP contribution is -2.20. The summed E-state index contributed by atoms with van der Waals surface area (Å²) < 4.78 is 12.4. The highest BCUT2D eigenvalue weighted by Gasteiger charge is 2.14. The van der Waals surface area contributed by atoms with Crippen molar-refractivity contribution in [1.29, 1.82) is 0 Å². The van der Waals surface area contributed by atoms with Crippen LogP contribution < -0.4 is 5.32 Å². The number of unbranched alkanes of at least 4 members (excludes halogenated alkanes) is 1. The Morgan fingerprint density at radius 3 is 2.41 bits per heavy atom. The first-order chi connectivity index (χ1) is 10.7. The van der Waals surface area contributed by atoms with Gasteiger partial charge >= 0.3 is 0 Å². The van der Waals surface area contributed by atoms with Crippen LogP contribution in [0.3, 0.4) is 0 Å². The summed E-state index contributed by atoms with van der Waals surface area (Å²) in [7, 11) is 0.449. The second kappa shape index (κ2) is 8.49. The molecule has 1 N–H and O–H groups in total. The molecule has 0 fully saturated rings. The van der Waals surface area contributed by atoms with Crippen molar-refractivity contribution in [2.45, 2.75) is 24.2 Å². The van der Waals surface area contributed by atoms with Crippen LogP contribution in [0, 0.1) is 0 Å². The van der Waals surface area contributed by atoms with Crippen LogP contribution in [0.1, 0.15) is 28.8 Å². The van der Waals surface area contributed by atoms with E-state index in [1.165, 1.54) is 5.56 Å². The molecule has 2 aromatic carbocycles. The monoisotopic (exact) mass is 315 g/mol. The second-order valence-electron chi connectivity index (χ2n) is 5.07. The predicted molar refractivity (Wildman–Crippen MR) is 90.5 cm³/mol. The summed E-state index contributed by atoms with van der Waals surface area (Å²) in [5.74, 6) is 0.397. The van der Waals surface area contributed by atoms with Gasteiger partial charge in [-0.2, -0.15) is 0 Å². The lowest BCUT2D eigenvalue weighted by Gasteiger charge is -2.08. The maximum absolute atomic E-state index is 12.4. The topological polar surface area (TPSA) is 46.2 Å². The predicted octanol–water partition coefficient (Wildman–Crippen LogP) is 3.18. The van der Waals surface area contributed by atoms with E-state index in [0.29, 0.717) is 16.2 Å². The zero-order valence-electron chi connectivity index (χ0n) is 12.7. The number of carbonyl (C=O) groups is 1. The molecule has 0 saturated heterocycles. The fourth-order valence-corrected chi connectivity index (χ4v) is 3.63. The molecule has 22 heavy (non-hydrogen) atoms. The molecule has 0 heterocycles. The first-order valence-corrected chi connectivity index (χ1v) is 8.77. The van der Waals surface area contributed by atoms with E-state index in [9.17, 15) is 9.00 Å². The van der Waals surface area contributed by atoms with Gasteiger partial charge in [-0.3, -0.25) is 9.00 Å². The Morgan fingerprint density at radius 1 is 1.00 bits per heavy atom. The van der Waals surface area contributed by atoms with Crippen molar-refractivity contribution in [3.05, 3.63) is 65.7 Å². The van der Waals surface area contributed by atoms with Gasteiger partial charge in [0.25, 0.3) is 5.91 Å². The van der Waals surface area contributed by atoms with Gasteiger partial charge in [0.05, 0.1) is 21.3 Å². The van der Waals surface area contributed by atoms with E-state index in [0.717, 1.165) is 19.3 Å². The van der Waals surface area contributed by atoms with Gasteiger partial charge in [0.2, 0.25) is 0 Å². The molecule has 0 aromatic heterocycles. The average Bonchev–Trinajstić information content (AvgIpc) is 2.58. The highest BCUT2D eigenvalue weighted by atomic mass is 32.2. The number of hydrogen-bond donors (Lipinski definition) is 1. The minimum Gasteiger partial charge on any atom is -0.355 e. The van der Waals surface area contributed by atoms with Crippen molar-refractivity contribution in [1.82, 2.24) is 5.32 Å². The van der Waals surface area contributed by atoms with Crippen LogP contribution in [0.2, 0.25) is 0 Å². The molecule has 0 aliphatic heterocycles. The van der Waals surface area contributed by atoms with Gasteiger partial charge in [-0.05, 0) is 37.0 Å². The van der Waals surface area contributed by atoms with Crippen molar-refractivity contribution < 1.29 is 9.00 Å². The summed E-state index contributed by atoms with van der Waals surface area (Å²) in [6, 6.07) is 17.4. The SMILES string of the molecule is CNC(=O)c1ccccc1S(=O)CCCCc1ccccc1. The summed E-state index contributed by atoms with van der Waals surface area (Å²) in [6.45, 7) is 0. The van der Waals surface area contributed by atoms with Gasteiger partial charge in [-0.25, -0.2) is 0 Å². The molecule has 3 nitrogen and oxygen atoms in total. The molecular weight excluding hydrogens is 294 g/mol. The van der Waals surface area contributed by atoms with E-state index in [4.69, 9.17) is 0 Å². The molecule has 116 valence electrons. The Bertz CT molecular complexity index is 641. The average molecular weight is 315 g/mol. The van der Waals surface area contributed by atoms with Gasteiger partial charge in [0.1, 0.15) is 0 Å². The lowest BCUT2D eigenvalue weighted by atomic mass is 10.1. The number of aryl methyl sites for hydroxylation is 1. The number of benzene rings is 2. The molecule has 0 saturated carbocycles. The quantitative estimate of drug-likeness (QED) is 0.798. The van der Waals surface area contributed by atoms with Gasteiger partial charge in [0, 0.05) is 12.8 Å². The van der Waals surface area contributed by atoms with Crippen LogP contribution in [-0.4, -0.2) is 22.9 Å². The molecule has 4 heteroatoms. The maximum Gasteiger partial charge on any atom is 0.252 e. The molecular formula is C18H21NO2S. The molecule has 0 radical (unpaired) electrons. The van der Waals surface area contributed by atoms with Crippen LogP contribution in [0.4, 0.5) is 0 Å². The van der Waals surface area contributed by atoms with E-state index in [-0.39, 0.29) is 5.91 Å². The smallest absolute Gasteiger partial charge is 0.252 e. The minimum absolute atomic E-state index is 0.187. The van der Waals surface area contributed by atoms with Gasteiger partial charge in [-0.1, -0.05) is 42.5 Å². The van der Waals surface area contributed by atoms with Crippen molar-refractivity contribution in [2.24, 2.45) is 0 Å². The third-order valence-electron chi connectivity index (χ3n) is 3.49. The Labute approximate surface area is 134 Å². The van der Waals surface area contributed by atoms with E-state index in [1.54, 1.807) is 25.2 Å². The molecule has 2 aromatic rings. The largest absolute Gasteiger partial charge is 0.355 e. The summed E-state index contributed by atoms with van der Waals surface area (Å²) >= 11 is 0. The van der Waals surface area contributed by atoms with Crippen LogP contribution >= 0.6 is 0 Å². The fourth-order valence-electron chi connectivity index (χ4n) is 2.30. The van der Waals surface area contributed by atoms with Crippen molar-refractivity contribution in [2.75, 3.05) is 12.8 Å². The number of nitrogens with one attached hydrogen (secondary N) is 1. The second-order valence-corrected chi connectivity index (χ2v) is 6.61. The molecule has 2 rings (SSSR count). The Balaban J connectivity index is 1.89. The Kier molecular flexibility index (Phi) is 6.34. The highest BCUT2D eigenvalue weighted by molar-refractivity contribution is 7.85. The number of rotatable bonds is 7. The zero-order chi connectivity index (χ0) is 15.8. The molecule has 0 aliphatic rings. The minimum atomic E-state index is -1.14. The first-order valence-electron chi connectivity index (χ1n) is 7.46. The van der Waals surface area contributed by atoms with Gasteiger partial charge in [-0.15, -0.1) is 0 Å². The number of amides is 1.